The van der Waals surface area contributed by atoms with Crippen molar-refractivity contribution in [2.45, 2.75) is 12.6 Å². The van der Waals surface area contributed by atoms with Crippen LogP contribution in [0.3, 0.4) is 0 Å². The Balaban J connectivity index is 2.56. The Morgan fingerprint density at radius 3 is 2.74 bits per heavy atom. The first kappa shape index (κ1) is 15.2. The molecule has 1 aromatic carbocycles. The second-order valence-electron chi connectivity index (χ2n) is 3.72. The van der Waals surface area contributed by atoms with Gasteiger partial charge in [-0.1, -0.05) is 0 Å². The fraction of sp³-hybridized carbons (Fsp3) is 0.417. The summed E-state index contributed by atoms with van der Waals surface area (Å²) in [6, 6.07) is 4.22. The van der Waals surface area contributed by atoms with Crippen molar-refractivity contribution in [1.82, 2.24) is 5.48 Å². The summed E-state index contributed by atoms with van der Waals surface area (Å²) in [6.07, 6.45) is 0. The highest BCUT2D eigenvalue weighted by Crippen LogP contribution is 2.24. The topological polar surface area (TPSA) is 103 Å². The lowest BCUT2D eigenvalue weighted by Crippen LogP contribution is -2.42. The molecule has 0 aromatic heterocycles. The Hall–Kier alpha value is -1.83. The van der Waals surface area contributed by atoms with Crippen LogP contribution in [-0.4, -0.2) is 37.9 Å². The fourth-order valence-corrected chi connectivity index (χ4v) is 1.31. The predicted octanol–water partition coefficient (Wildman–Crippen LogP) is -0.429. The van der Waals surface area contributed by atoms with Gasteiger partial charge < -0.3 is 20.3 Å². The zero-order valence-electron chi connectivity index (χ0n) is 10.9. The summed E-state index contributed by atoms with van der Waals surface area (Å²) < 4.78 is 10.2. The number of nitrogens with one attached hydrogen (secondary N) is 1. The third-order valence-corrected chi connectivity index (χ3v) is 2.43. The van der Waals surface area contributed by atoms with Crippen molar-refractivity contribution in [1.29, 1.82) is 0 Å². The van der Waals surface area contributed by atoms with Crippen LogP contribution in [0.4, 0.5) is 0 Å². The SMILES string of the molecule is COc1ccc(CONC(=O)[C@H](N)CO)c(OC)c1. The molecule has 0 aliphatic rings. The Kier molecular flexibility index (Phi) is 6.07. The number of nitrogens with two attached hydrogens (primary N) is 1. The maximum atomic E-state index is 11.2. The Bertz CT molecular complexity index is 425. The van der Waals surface area contributed by atoms with Gasteiger partial charge in [0.1, 0.15) is 24.1 Å². The molecule has 19 heavy (non-hydrogen) atoms. The van der Waals surface area contributed by atoms with Crippen LogP contribution in [0, 0.1) is 0 Å². The van der Waals surface area contributed by atoms with Crippen molar-refractivity contribution >= 4 is 5.91 Å². The lowest BCUT2D eigenvalue weighted by molar-refractivity contribution is -0.136. The van der Waals surface area contributed by atoms with Gasteiger partial charge in [-0.25, -0.2) is 5.48 Å². The van der Waals surface area contributed by atoms with Gasteiger partial charge in [-0.2, -0.15) is 0 Å². The van der Waals surface area contributed by atoms with Crippen molar-refractivity contribution in [2.75, 3.05) is 20.8 Å². The molecular weight excluding hydrogens is 252 g/mol. The number of hydroxylamine groups is 1. The number of benzene rings is 1. The van der Waals surface area contributed by atoms with Crippen LogP contribution >= 0.6 is 0 Å². The fourth-order valence-electron chi connectivity index (χ4n) is 1.31. The molecule has 7 heteroatoms. The van der Waals surface area contributed by atoms with Crippen LogP contribution in [0.5, 0.6) is 11.5 Å². The molecule has 0 heterocycles. The first-order valence-electron chi connectivity index (χ1n) is 5.61. The van der Waals surface area contributed by atoms with Crippen molar-refractivity contribution in [2.24, 2.45) is 5.73 Å². The monoisotopic (exact) mass is 270 g/mol. The van der Waals surface area contributed by atoms with Crippen molar-refractivity contribution in [3.8, 4) is 11.5 Å². The molecule has 0 unspecified atom stereocenters. The van der Waals surface area contributed by atoms with Crippen LogP contribution in [0.25, 0.3) is 0 Å². The van der Waals surface area contributed by atoms with E-state index in [2.05, 4.69) is 5.48 Å². The smallest absolute Gasteiger partial charge is 0.262 e. The average Bonchev–Trinajstić information content (AvgIpc) is 2.46. The molecule has 0 aliphatic heterocycles. The number of methoxy groups -OCH3 is 2. The van der Waals surface area contributed by atoms with E-state index in [0.29, 0.717) is 11.5 Å². The molecule has 0 aliphatic carbocycles. The van der Waals surface area contributed by atoms with E-state index in [1.165, 1.54) is 7.11 Å². The third kappa shape index (κ3) is 4.40. The Morgan fingerprint density at radius 1 is 1.42 bits per heavy atom. The van der Waals surface area contributed by atoms with E-state index in [0.717, 1.165) is 5.56 Å². The molecular formula is C12H18N2O5. The zero-order chi connectivity index (χ0) is 14.3. The summed E-state index contributed by atoms with van der Waals surface area (Å²) in [5, 5.41) is 8.69. The van der Waals surface area contributed by atoms with Gasteiger partial charge in [-0.05, 0) is 12.1 Å². The highest BCUT2D eigenvalue weighted by atomic mass is 16.7. The highest BCUT2D eigenvalue weighted by molar-refractivity contribution is 5.80. The van der Waals surface area contributed by atoms with E-state index >= 15 is 0 Å². The number of aliphatic hydroxyl groups excluding tert-OH is 1. The van der Waals surface area contributed by atoms with Crippen molar-refractivity contribution in [3.05, 3.63) is 23.8 Å². The van der Waals surface area contributed by atoms with Crippen LogP contribution < -0.4 is 20.7 Å². The van der Waals surface area contributed by atoms with E-state index in [1.807, 2.05) is 0 Å². The highest BCUT2D eigenvalue weighted by Gasteiger charge is 2.12. The molecule has 0 bridgehead atoms. The number of ether oxygens (including phenoxy) is 2. The molecule has 1 rings (SSSR count). The first-order chi connectivity index (χ1) is 9.12. The standard InChI is InChI=1S/C12H18N2O5/c1-17-9-4-3-8(11(5-9)18-2)7-19-14-12(16)10(13)6-15/h3-5,10,15H,6-7,13H2,1-2H3,(H,14,16)/t10-/m1/s1. The summed E-state index contributed by atoms with van der Waals surface area (Å²) in [5.74, 6) is 0.655. The number of aliphatic hydroxyl groups is 1. The van der Waals surface area contributed by atoms with E-state index in [-0.39, 0.29) is 6.61 Å². The Morgan fingerprint density at radius 2 is 2.16 bits per heavy atom. The second-order valence-corrected chi connectivity index (χ2v) is 3.72. The van der Waals surface area contributed by atoms with Gasteiger partial charge >= 0.3 is 0 Å². The lowest BCUT2D eigenvalue weighted by Gasteiger charge is -2.12. The molecule has 0 spiro atoms. The summed E-state index contributed by atoms with van der Waals surface area (Å²) >= 11 is 0. The molecule has 0 saturated carbocycles. The summed E-state index contributed by atoms with van der Waals surface area (Å²) in [4.78, 5) is 16.3. The second kappa shape index (κ2) is 7.57. The minimum Gasteiger partial charge on any atom is -0.497 e. The van der Waals surface area contributed by atoms with Gasteiger partial charge in [-0.15, -0.1) is 0 Å². The molecule has 1 aromatic rings. The van der Waals surface area contributed by atoms with Gasteiger partial charge in [0, 0.05) is 11.6 Å². The number of carbonyl (C=O) groups excluding carboxylic acids is 1. The van der Waals surface area contributed by atoms with Crippen LogP contribution in [0.2, 0.25) is 0 Å². The lowest BCUT2D eigenvalue weighted by atomic mass is 10.2. The molecule has 1 atom stereocenters. The molecule has 106 valence electrons. The molecule has 7 nitrogen and oxygen atoms in total. The van der Waals surface area contributed by atoms with Crippen molar-refractivity contribution < 1.29 is 24.2 Å². The van der Waals surface area contributed by atoms with Crippen LogP contribution in [0.15, 0.2) is 18.2 Å². The number of hydrogen-bond acceptors (Lipinski definition) is 6. The Labute approximate surface area is 111 Å². The summed E-state index contributed by atoms with van der Waals surface area (Å²) in [6.45, 7) is -0.335. The predicted molar refractivity (Wildman–Crippen MR) is 67.5 cm³/mol. The van der Waals surface area contributed by atoms with Crippen LogP contribution in [0.1, 0.15) is 5.56 Å². The minimum absolute atomic E-state index is 0.108. The van der Waals surface area contributed by atoms with E-state index in [9.17, 15) is 4.79 Å². The van der Waals surface area contributed by atoms with Crippen LogP contribution in [-0.2, 0) is 16.2 Å². The number of hydrogen-bond donors (Lipinski definition) is 3. The normalized spacial score (nSPS) is 11.8. The first-order valence-corrected chi connectivity index (χ1v) is 5.61. The zero-order valence-corrected chi connectivity index (χ0v) is 10.9. The summed E-state index contributed by atoms with van der Waals surface area (Å²) in [5.41, 5.74) is 8.19. The largest absolute Gasteiger partial charge is 0.497 e. The van der Waals surface area contributed by atoms with Gasteiger partial charge in [-0.3, -0.25) is 9.63 Å². The van der Waals surface area contributed by atoms with E-state index < -0.39 is 18.6 Å². The molecule has 4 N–H and O–H groups in total. The van der Waals surface area contributed by atoms with E-state index in [4.69, 9.17) is 25.2 Å². The summed E-state index contributed by atoms with van der Waals surface area (Å²) in [7, 11) is 3.08. The quantitative estimate of drug-likeness (QED) is 0.581. The number of rotatable bonds is 7. The average molecular weight is 270 g/mol. The number of amides is 1. The number of carbonyl (C=O) groups is 1. The van der Waals surface area contributed by atoms with E-state index in [1.54, 1.807) is 25.3 Å². The van der Waals surface area contributed by atoms with Gasteiger partial charge in [0.15, 0.2) is 0 Å². The van der Waals surface area contributed by atoms with Gasteiger partial charge in [0.25, 0.3) is 5.91 Å². The van der Waals surface area contributed by atoms with Gasteiger partial charge in [0.2, 0.25) is 0 Å². The van der Waals surface area contributed by atoms with Crippen molar-refractivity contribution in [3.63, 3.8) is 0 Å². The maximum absolute atomic E-state index is 11.2. The minimum atomic E-state index is -1.00. The molecule has 0 fully saturated rings. The van der Waals surface area contributed by atoms with Gasteiger partial charge in [0.05, 0.1) is 20.8 Å². The molecule has 1 amide bonds. The maximum Gasteiger partial charge on any atom is 0.262 e. The molecule has 0 radical (unpaired) electrons. The molecule has 0 saturated heterocycles. The third-order valence-electron chi connectivity index (χ3n) is 2.43.